The van der Waals surface area contributed by atoms with Crippen molar-refractivity contribution in [3.63, 3.8) is 0 Å². The number of carbonyl (C=O) groups excluding carboxylic acids is 1. The first-order valence-electron chi connectivity index (χ1n) is 10.2. The van der Waals surface area contributed by atoms with E-state index in [1.807, 2.05) is 30.3 Å². The minimum absolute atomic E-state index is 0.0219. The SMILES string of the molecule is O=CN(c1sc(-c2ccccc2)cc1C(=O)O)C1CCN(C2CCCOC2)CC1. The topological polar surface area (TPSA) is 70.1 Å². The lowest BCUT2D eigenvalue weighted by molar-refractivity contribution is -0.108. The predicted octanol–water partition coefficient (Wildman–Crippen LogP) is 3.72. The third-order valence-electron chi connectivity index (χ3n) is 5.89. The standard InChI is InChI=1S/C22H26N2O4S/c25-15-24(17-8-10-23(11-9-17)18-7-4-12-28-14-18)21-19(22(26)27)13-20(29-21)16-5-2-1-3-6-16/h1-3,5-6,13,15,17-18H,4,7-12,14H2,(H,26,27). The van der Waals surface area contributed by atoms with Gasteiger partial charge in [-0.1, -0.05) is 30.3 Å². The Morgan fingerprint density at radius 1 is 1.21 bits per heavy atom. The molecule has 0 spiro atoms. The van der Waals surface area contributed by atoms with Gasteiger partial charge in [-0.2, -0.15) is 0 Å². The van der Waals surface area contributed by atoms with Gasteiger partial charge in [0.05, 0.1) is 12.2 Å². The number of hydrogen-bond acceptors (Lipinski definition) is 5. The number of nitrogens with zero attached hydrogens (tertiary/aromatic N) is 2. The van der Waals surface area contributed by atoms with Crippen molar-refractivity contribution < 1.29 is 19.4 Å². The molecule has 0 aliphatic carbocycles. The number of ether oxygens (including phenoxy) is 1. The molecule has 1 atom stereocenters. The lowest BCUT2D eigenvalue weighted by Gasteiger charge is -2.41. The highest BCUT2D eigenvalue weighted by Gasteiger charge is 2.32. The molecule has 1 amide bonds. The molecule has 6 nitrogen and oxygen atoms in total. The third-order valence-corrected chi connectivity index (χ3v) is 7.09. The summed E-state index contributed by atoms with van der Waals surface area (Å²) < 4.78 is 5.62. The van der Waals surface area contributed by atoms with Gasteiger partial charge in [-0.15, -0.1) is 11.3 Å². The number of carboxylic acid groups (broad SMARTS) is 1. The van der Waals surface area contributed by atoms with Crippen LogP contribution in [-0.4, -0.2) is 60.8 Å². The van der Waals surface area contributed by atoms with Crippen molar-refractivity contribution in [1.29, 1.82) is 0 Å². The lowest BCUT2D eigenvalue weighted by atomic mass is 9.99. The number of piperidine rings is 1. The fourth-order valence-electron chi connectivity index (χ4n) is 4.31. The number of carbonyl (C=O) groups is 2. The largest absolute Gasteiger partial charge is 0.478 e. The lowest BCUT2D eigenvalue weighted by Crippen LogP contribution is -2.50. The fourth-order valence-corrected chi connectivity index (χ4v) is 5.50. The Morgan fingerprint density at radius 3 is 2.59 bits per heavy atom. The molecule has 2 fully saturated rings. The zero-order chi connectivity index (χ0) is 20.2. The first-order chi connectivity index (χ1) is 14.2. The summed E-state index contributed by atoms with van der Waals surface area (Å²) in [6, 6.07) is 11.9. The maximum Gasteiger partial charge on any atom is 0.338 e. The molecule has 2 saturated heterocycles. The maximum atomic E-state index is 12.0. The Morgan fingerprint density at radius 2 is 1.97 bits per heavy atom. The van der Waals surface area contributed by atoms with E-state index in [1.54, 1.807) is 11.0 Å². The first kappa shape index (κ1) is 20.1. The summed E-state index contributed by atoms with van der Waals surface area (Å²) in [5.41, 5.74) is 1.16. The van der Waals surface area contributed by atoms with E-state index >= 15 is 0 Å². The van der Waals surface area contributed by atoms with Crippen LogP contribution in [0.1, 0.15) is 36.0 Å². The Bertz CT molecular complexity index is 840. The molecular weight excluding hydrogens is 388 g/mol. The van der Waals surface area contributed by atoms with Gasteiger partial charge in [-0.3, -0.25) is 9.69 Å². The highest BCUT2D eigenvalue weighted by Crippen LogP contribution is 2.39. The molecule has 154 valence electrons. The second kappa shape index (κ2) is 9.07. The molecule has 3 heterocycles. The number of anilines is 1. The Balaban J connectivity index is 1.52. The smallest absolute Gasteiger partial charge is 0.338 e. The number of carboxylic acids is 1. The molecule has 2 aliphatic rings. The Labute approximate surface area is 174 Å². The molecule has 0 saturated carbocycles. The zero-order valence-corrected chi connectivity index (χ0v) is 17.1. The van der Waals surface area contributed by atoms with Crippen molar-refractivity contribution >= 4 is 28.7 Å². The normalized spacial score (nSPS) is 21.0. The van der Waals surface area contributed by atoms with Crippen LogP contribution in [0.3, 0.4) is 0 Å². The monoisotopic (exact) mass is 414 g/mol. The highest BCUT2D eigenvalue weighted by atomic mass is 32.1. The van der Waals surface area contributed by atoms with Gasteiger partial charge in [0.1, 0.15) is 5.00 Å². The van der Waals surface area contributed by atoms with Crippen LogP contribution in [0, 0.1) is 0 Å². The van der Waals surface area contributed by atoms with Crippen LogP contribution >= 0.6 is 11.3 Å². The number of amides is 1. The summed E-state index contributed by atoms with van der Waals surface area (Å²) in [6.45, 7) is 3.45. The van der Waals surface area contributed by atoms with E-state index in [1.165, 1.54) is 11.3 Å². The molecule has 2 aliphatic heterocycles. The van der Waals surface area contributed by atoms with E-state index in [2.05, 4.69) is 4.90 Å². The van der Waals surface area contributed by atoms with Crippen molar-refractivity contribution in [3.05, 3.63) is 42.0 Å². The van der Waals surface area contributed by atoms with Crippen LogP contribution in [0.5, 0.6) is 0 Å². The van der Waals surface area contributed by atoms with Crippen molar-refractivity contribution in [2.24, 2.45) is 0 Å². The first-order valence-corrected chi connectivity index (χ1v) is 11.0. The Hall–Kier alpha value is -2.22. The quantitative estimate of drug-likeness (QED) is 0.730. The van der Waals surface area contributed by atoms with Gasteiger partial charge < -0.3 is 14.7 Å². The van der Waals surface area contributed by atoms with Crippen LogP contribution in [0.4, 0.5) is 5.00 Å². The van der Waals surface area contributed by atoms with Gasteiger partial charge in [-0.25, -0.2) is 4.79 Å². The van der Waals surface area contributed by atoms with Crippen LogP contribution < -0.4 is 4.90 Å². The minimum atomic E-state index is -0.998. The number of aromatic carboxylic acids is 1. The molecule has 1 unspecified atom stereocenters. The molecule has 4 rings (SSSR count). The van der Waals surface area contributed by atoms with Crippen molar-refractivity contribution in [1.82, 2.24) is 4.90 Å². The second-order valence-electron chi connectivity index (χ2n) is 7.65. The fraction of sp³-hybridized carbons (Fsp3) is 0.455. The molecule has 1 N–H and O–H groups in total. The van der Waals surface area contributed by atoms with Gasteiger partial charge in [0.2, 0.25) is 6.41 Å². The number of benzene rings is 1. The molecule has 1 aromatic carbocycles. The molecule has 1 aromatic heterocycles. The van der Waals surface area contributed by atoms with Crippen LogP contribution in [0.2, 0.25) is 0 Å². The van der Waals surface area contributed by atoms with E-state index in [9.17, 15) is 14.7 Å². The Kier molecular flexibility index (Phi) is 6.28. The molecule has 0 bridgehead atoms. The third kappa shape index (κ3) is 4.37. The molecule has 7 heteroatoms. The molecule has 2 aromatic rings. The summed E-state index contributed by atoms with van der Waals surface area (Å²) in [7, 11) is 0. The number of likely N-dealkylation sites (tertiary alicyclic amines) is 1. The van der Waals surface area contributed by atoms with Crippen LogP contribution in [0.15, 0.2) is 36.4 Å². The van der Waals surface area contributed by atoms with Crippen LogP contribution in [-0.2, 0) is 9.53 Å². The van der Waals surface area contributed by atoms with E-state index in [0.717, 1.165) is 68.8 Å². The summed E-state index contributed by atoms with van der Waals surface area (Å²) in [5, 5.41) is 10.3. The summed E-state index contributed by atoms with van der Waals surface area (Å²) in [4.78, 5) is 28.9. The second-order valence-corrected chi connectivity index (χ2v) is 8.68. The van der Waals surface area contributed by atoms with Gasteiger partial charge in [0.15, 0.2) is 0 Å². The average molecular weight is 415 g/mol. The van der Waals surface area contributed by atoms with Gasteiger partial charge >= 0.3 is 5.97 Å². The van der Waals surface area contributed by atoms with E-state index < -0.39 is 5.97 Å². The highest BCUT2D eigenvalue weighted by molar-refractivity contribution is 7.20. The van der Waals surface area contributed by atoms with E-state index in [0.29, 0.717) is 11.0 Å². The van der Waals surface area contributed by atoms with Crippen molar-refractivity contribution in [2.45, 2.75) is 37.8 Å². The maximum absolute atomic E-state index is 12.0. The molecule has 29 heavy (non-hydrogen) atoms. The van der Waals surface area contributed by atoms with Gasteiger partial charge in [0, 0.05) is 36.7 Å². The van der Waals surface area contributed by atoms with Crippen molar-refractivity contribution in [3.8, 4) is 10.4 Å². The average Bonchev–Trinajstić information content (AvgIpc) is 3.22. The van der Waals surface area contributed by atoms with Crippen molar-refractivity contribution in [2.75, 3.05) is 31.2 Å². The van der Waals surface area contributed by atoms with E-state index in [-0.39, 0.29) is 11.6 Å². The predicted molar refractivity (Wildman–Crippen MR) is 114 cm³/mol. The number of hydrogen-bond donors (Lipinski definition) is 1. The number of rotatable bonds is 6. The van der Waals surface area contributed by atoms with Gasteiger partial charge in [-0.05, 0) is 37.3 Å². The summed E-state index contributed by atoms with van der Waals surface area (Å²) in [6.07, 6.45) is 4.75. The summed E-state index contributed by atoms with van der Waals surface area (Å²) >= 11 is 1.38. The van der Waals surface area contributed by atoms with Crippen LogP contribution in [0.25, 0.3) is 10.4 Å². The molecule has 0 radical (unpaired) electrons. The zero-order valence-electron chi connectivity index (χ0n) is 16.3. The minimum Gasteiger partial charge on any atom is -0.478 e. The van der Waals surface area contributed by atoms with E-state index in [4.69, 9.17) is 4.74 Å². The number of thiophene rings is 1. The molecular formula is C22H26N2O4S. The summed E-state index contributed by atoms with van der Waals surface area (Å²) in [5.74, 6) is -0.998. The van der Waals surface area contributed by atoms with Gasteiger partial charge in [0.25, 0.3) is 0 Å².